The van der Waals surface area contributed by atoms with Gasteiger partial charge in [-0.05, 0) is 18.7 Å². The molecule has 0 aliphatic heterocycles. The van der Waals surface area contributed by atoms with Crippen LogP contribution in [0.2, 0.25) is 0 Å². The summed E-state index contributed by atoms with van der Waals surface area (Å²) in [4.78, 5) is 14.7. The van der Waals surface area contributed by atoms with E-state index in [2.05, 4.69) is 10.3 Å². The zero-order valence-corrected chi connectivity index (χ0v) is 11.4. The van der Waals surface area contributed by atoms with Gasteiger partial charge in [-0.15, -0.1) is 0 Å². The fraction of sp³-hybridized carbons (Fsp3) is 0.308. The van der Waals surface area contributed by atoms with Crippen LogP contribution in [-0.2, 0) is 20.2 Å². The van der Waals surface area contributed by atoms with Crippen LogP contribution in [0.15, 0.2) is 30.6 Å². The number of ether oxygens (including phenoxy) is 1. The molecule has 1 heterocycles. The average molecular weight is 276 g/mol. The van der Waals surface area contributed by atoms with E-state index in [1.165, 1.54) is 6.07 Å². The molecule has 0 spiro atoms. The van der Waals surface area contributed by atoms with Crippen molar-refractivity contribution in [2.45, 2.75) is 13.2 Å². The summed E-state index contributed by atoms with van der Waals surface area (Å²) in [6.45, 7) is 0.810. The first kappa shape index (κ1) is 14.0. The molecule has 0 saturated carbocycles. The van der Waals surface area contributed by atoms with Gasteiger partial charge in [0.1, 0.15) is 12.4 Å². The van der Waals surface area contributed by atoms with Crippen LogP contribution in [-0.4, -0.2) is 21.5 Å². The normalized spacial score (nSPS) is 10.5. The quantitative estimate of drug-likeness (QED) is 0.640. The molecule has 1 aromatic heterocycles. The Balaban J connectivity index is 2.21. The minimum atomic E-state index is -0.448. The van der Waals surface area contributed by atoms with Gasteiger partial charge in [-0.2, -0.15) is 0 Å². The second kappa shape index (κ2) is 6.16. The van der Waals surface area contributed by atoms with Crippen LogP contribution >= 0.6 is 0 Å². The van der Waals surface area contributed by atoms with E-state index in [1.807, 2.05) is 18.7 Å². The van der Waals surface area contributed by atoms with Crippen LogP contribution in [0.25, 0.3) is 0 Å². The second-order valence-electron chi connectivity index (χ2n) is 4.33. The maximum atomic E-state index is 11.0. The van der Waals surface area contributed by atoms with Crippen molar-refractivity contribution in [3.8, 4) is 5.75 Å². The van der Waals surface area contributed by atoms with Crippen molar-refractivity contribution in [1.82, 2.24) is 14.9 Å². The van der Waals surface area contributed by atoms with Crippen LogP contribution in [0.3, 0.4) is 0 Å². The lowest BCUT2D eigenvalue weighted by Crippen LogP contribution is -2.07. The summed E-state index contributed by atoms with van der Waals surface area (Å²) in [5.41, 5.74) is 0.881. The second-order valence-corrected chi connectivity index (χ2v) is 4.33. The molecule has 7 nitrogen and oxygen atoms in total. The van der Waals surface area contributed by atoms with Gasteiger partial charge in [0.15, 0.2) is 5.75 Å². The van der Waals surface area contributed by atoms with Crippen molar-refractivity contribution in [1.29, 1.82) is 0 Å². The number of nitrogens with one attached hydrogen (secondary N) is 1. The zero-order chi connectivity index (χ0) is 14.5. The number of imidazole rings is 1. The van der Waals surface area contributed by atoms with Crippen molar-refractivity contribution in [3.63, 3.8) is 0 Å². The van der Waals surface area contributed by atoms with E-state index < -0.39 is 4.92 Å². The Morgan fingerprint density at radius 3 is 2.90 bits per heavy atom. The summed E-state index contributed by atoms with van der Waals surface area (Å²) in [6, 6.07) is 4.85. The highest BCUT2D eigenvalue weighted by atomic mass is 16.6. The fourth-order valence-corrected chi connectivity index (χ4v) is 1.82. The SMILES string of the molecule is CNCc1ccc([N+](=O)[O-])c(OCc2nccn2C)c1. The van der Waals surface area contributed by atoms with E-state index in [0.717, 1.165) is 5.56 Å². The van der Waals surface area contributed by atoms with Gasteiger partial charge in [0, 0.05) is 32.1 Å². The van der Waals surface area contributed by atoms with Gasteiger partial charge < -0.3 is 14.6 Å². The van der Waals surface area contributed by atoms with Gasteiger partial charge in [0.05, 0.1) is 4.92 Å². The molecule has 0 fully saturated rings. The molecule has 1 N–H and O–H groups in total. The number of nitro groups is 1. The first-order valence-corrected chi connectivity index (χ1v) is 6.12. The van der Waals surface area contributed by atoms with Gasteiger partial charge >= 0.3 is 5.69 Å². The average Bonchev–Trinajstić information content (AvgIpc) is 2.82. The predicted octanol–water partition coefficient (Wildman–Crippen LogP) is 1.63. The first-order valence-electron chi connectivity index (χ1n) is 6.12. The van der Waals surface area contributed by atoms with Crippen LogP contribution in [0, 0.1) is 10.1 Å². The third-order valence-corrected chi connectivity index (χ3v) is 2.88. The van der Waals surface area contributed by atoms with Crippen LogP contribution < -0.4 is 10.1 Å². The van der Waals surface area contributed by atoms with Gasteiger partial charge in [0.2, 0.25) is 0 Å². The summed E-state index contributed by atoms with van der Waals surface area (Å²) >= 11 is 0. The Hall–Kier alpha value is -2.41. The van der Waals surface area contributed by atoms with E-state index in [4.69, 9.17) is 4.74 Å². The highest BCUT2D eigenvalue weighted by Gasteiger charge is 2.16. The molecule has 2 rings (SSSR count). The third kappa shape index (κ3) is 3.12. The lowest BCUT2D eigenvalue weighted by atomic mass is 10.2. The largest absolute Gasteiger partial charge is 0.479 e. The fourth-order valence-electron chi connectivity index (χ4n) is 1.82. The minimum absolute atomic E-state index is 0.0425. The third-order valence-electron chi connectivity index (χ3n) is 2.88. The summed E-state index contributed by atoms with van der Waals surface area (Å²) in [7, 11) is 3.66. The molecule has 20 heavy (non-hydrogen) atoms. The van der Waals surface area contributed by atoms with Crippen molar-refractivity contribution < 1.29 is 9.66 Å². The topological polar surface area (TPSA) is 82.2 Å². The molecule has 0 aliphatic rings. The highest BCUT2D eigenvalue weighted by Crippen LogP contribution is 2.28. The standard InChI is InChI=1S/C13H16N4O3/c1-14-8-10-3-4-11(17(18)19)12(7-10)20-9-13-15-5-6-16(13)2/h3-7,14H,8-9H2,1-2H3. The number of benzene rings is 1. The van der Waals surface area contributed by atoms with Crippen molar-refractivity contribution >= 4 is 5.69 Å². The molecular weight excluding hydrogens is 260 g/mol. The van der Waals surface area contributed by atoms with E-state index >= 15 is 0 Å². The summed E-state index contributed by atoms with van der Waals surface area (Å²) in [6.07, 6.45) is 3.45. The highest BCUT2D eigenvalue weighted by molar-refractivity contribution is 5.48. The van der Waals surface area contributed by atoms with E-state index in [-0.39, 0.29) is 18.0 Å². The first-order chi connectivity index (χ1) is 9.61. The number of aryl methyl sites for hydroxylation is 1. The molecule has 0 saturated heterocycles. The Morgan fingerprint density at radius 1 is 1.50 bits per heavy atom. The van der Waals surface area contributed by atoms with Crippen LogP contribution in [0.5, 0.6) is 5.75 Å². The van der Waals surface area contributed by atoms with Gasteiger partial charge in [-0.25, -0.2) is 4.98 Å². The lowest BCUT2D eigenvalue weighted by molar-refractivity contribution is -0.386. The molecule has 106 valence electrons. The molecule has 0 unspecified atom stereocenters. The molecule has 0 amide bonds. The van der Waals surface area contributed by atoms with E-state index in [9.17, 15) is 10.1 Å². The number of nitrogens with zero attached hydrogens (tertiary/aromatic N) is 3. The summed E-state index contributed by atoms with van der Waals surface area (Å²) in [5.74, 6) is 0.962. The minimum Gasteiger partial charge on any atom is -0.479 e. The Labute approximate surface area is 116 Å². The Kier molecular flexibility index (Phi) is 4.31. The number of aromatic nitrogens is 2. The molecule has 1 aromatic carbocycles. The number of hydrogen-bond donors (Lipinski definition) is 1. The lowest BCUT2D eigenvalue weighted by Gasteiger charge is -2.08. The summed E-state index contributed by atoms with van der Waals surface area (Å²) < 4.78 is 7.37. The van der Waals surface area contributed by atoms with Crippen molar-refractivity contribution in [3.05, 3.63) is 52.1 Å². The zero-order valence-electron chi connectivity index (χ0n) is 11.4. The van der Waals surface area contributed by atoms with E-state index in [1.54, 1.807) is 24.5 Å². The monoisotopic (exact) mass is 276 g/mol. The number of rotatable bonds is 6. The van der Waals surface area contributed by atoms with Crippen LogP contribution in [0.4, 0.5) is 5.69 Å². The van der Waals surface area contributed by atoms with Crippen LogP contribution in [0.1, 0.15) is 11.4 Å². The van der Waals surface area contributed by atoms with Crippen molar-refractivity contribution in [2.24, 2.45) is 7.05 Å². The molecule has 7 heteroatoms. The molecule has 0 aliphatic carbocycles. The molecule has 0 atom stereocenters. The smallest absolute Gasteiger partial charge is 0.310 e. The molecule has 0 radical (unpaired) electrons. The van der Waals surface area contributed by atoms with Crippen molar-refractivity contribution in [2.75, 3.05) is 7.05 Å². The maximum Gasteiger partial charge on any atom is 0.310 e. The van der Waals surface area contributed by atoms with Gasteiger partial charge in [-0.3, -0.25) is 10.1 Å². The Bertz CT molecular complexity index is 609. The molecular formula is C13H16N4O3. The van der Waals surface area contributed by atoms with Gasteiger partial charge in [-0.1, -0.05) is 6.07 Å². The Morgan fingerprint density at radius 2 is 2.30 bits per heavy atom. The predicted molar refractivity (Wildman–Crippen MR) is 73.4 cm³/mol. The number of nitro benzene ring substituents is 1. The number of hydrogen-bond acceptors (Lipinski definition) is 5. The maximum absolute atomic E-state index is 11.0. The van der Waals surface area contributed by atoms with Gasteiger partial charge in [0.25, 0.3) is 0 Å². The van der Waals surface area contributed by atoms with E-state index in [0.29, 0.717) is 12.4 Å². The molecule has 2 aromatic rings. The molecule has 0 bridgehead atoms. The summed E-state index contributed by atoms with van der Waals surface area (Å²) in [5, 5.41) is 14.0.